The zero-order valence-corrected chi connectivity index (χ0v) is 17.9. The Kier molecular flexibility index (Phi) is 6.18. The Morgan fingerprint density at radius 1 is 1.09 bits per heavy atom. The number of carbonyl (C=O) groups is 2. The second-order valence-corrected chi connectivity index (χ2v) is 8.86. The lowest BCUT2D eigenvalue weighted by Crippen LogP contribution is -2.31. The van der Waals surface area contributed by atoms with Gasteiger partial charge in [0.15, 0.2) is 0 Å². The number of ether oxygens (including phenoxy) is 1. The molecular formula is C21H18N4O7S. The molecule has 0 bridgehead atoms. The van der Waals surface area contributed by atoms with Crippen LogP contribution in [-0.4, -0.2) is 43.3 Å². The number of rotatable bonds is 9. The minimum absolute atomic E-state index is 0.0458. The van der Waals surface area contributed by atoms with E-state index in [1.54, 1.807) is 18.2 Å². The molecule has 0 saturated carbocycles. The van der Waals surface area contributed by atoms with Gasteiger partial charge in [0.1, 0.15) is 5.69 Å². The Bertz CT molecular complexity index is 1330. The van der Waals surface area contributed by atoms with E-state index < -0.39 is 20.7 Å². The first-order chi connectivity index (χ1) is 15.9. The molecule has 1 aliphatic carbocycles. The van der Waals surface area contributed by atoms with Crippen molar-refractivity contribution in [3.8, 4) is 5.88 Å². The summed E-state index contributed by atoms with van der Waals surface area (Å²) in [5.74, 6) is -1.09. The van der Waals surface area contributed by atoms with Crippen LogP contribution in [0.25, 0.3) is 0 Å². The molecule has 11 nitrogen and oxygen atoms in total. The van der Waals surface area contributed by atoms with Crippen LogP contribution in [0.15, 0.2) is 75.0 Å². The van der Waals surface area contributed by atoms with Crippen molar-refractivity contribution in [2.45, 2.75) is 22.8 Å². The van der Waals surface area contributed by atoms with Gasteiger partial charge in [-0.15, -0.1) is 0 Å². The van der Waals surface area contributed by atoms with Crippen molar-refractivity contribution >= 4 is 21.4 Å². The van der Waals surface area contributed by atoms with Crippen LogP contribution in [0.3, 0.4) is 0 Å². The maximum absolute atomic E-state index is 12.7. The predicted molar refractivity (Wildman–Crippen MR) is 111 cm³/mol. The second kappa shape index (κ2) is 9.20. The third-order valence-electron chi connectivity index (χ3n) is 4.79. The van der Waals surface area contributed by atoms with E-state index in [0.29, 0.717) is 19.4 Å². The summed E-state index contributed by atoms with van der Waals surface area (Å²) in [4.78, 5) is 28.2. The zero-order chi connectivity index (χ0) is 23.4. The summed E-state index contributed by atoms with van der Waals surface area (Å²) < 4.78 is 35.2. The molecule has 3 aromatic rings. The third kappa shape index (κ3) is 4.46. The number of hydrogen-bond acceptors (Lipinski definition) is 10. The normalized spacial score (nSPS) is 13.4. The highest BCUT2D eigenvalue weighted by Crippen LogP contribution is 2.25. The van der Waals surface area contributed by atoms with Gasteiger partial charge in [-0.2, -0.15) is 0 Å². The van der Waals surface area contributed by atoms with Gasteiger partial charge in [-0.1, -0.05) is 18.2 Å². The first-order valence-electron chi connectivity index (χ1n) is 9.92. The van der Waals surface area contributed by atoms with E-state index in [4.69, 9.17) is 4.74 Å². The minimum Gasteiger partial charge on any atom is -0.454 e. The number of unbranched alkanes of at least 4 members (excludes halogenated alkanes) is 1. The zero-order valence-electron chi connectivity index (χ0n) is 17.1. The van der Waals surface area contributed by atoms with Crippen molar-refractivity contribution in [2.75, 3.05) is 13.2 Å². The van der Waals surface area contributed by atoms with Crippen molar-refractivity contribution in [2.24, 2.45) is 0 Å². The molecule has 0 spiro atoms. The van der Waals surface area contributed by atoms with Crippen molar-refractivity contribution < 1.29 is 32.3 Å². The minimum atomic E-state index is -4.18. The molecule has 2 heterocycles. The summed E-state index contributed by atoms with van der Waals surface area (Å²) in [6, 6.07) is 10.5. The van der Waals surface area contributed by atoms with E-state index in [9.17, 15) is 23.2 Å². The largest absolute Gasteiger partial charge is 0.454 e. The molecule has 0 radical (unpaired) electrons. The molecule has 170 valence electrons. The molecule has 33 heavy (non-hydrogen) atoms. The number of pyridine rings is 1. The van der Waals surface area contributed by atoms with Gasteiger partial charge >= 0.3 is 10.9 Å². The number of nitrogens with zero attached hydrogens (tertiary/aromatic N) is 3. The van der Waals surface area contributed by atoms with Gasteiger partial charge in [0, 0.05) is 18.8 Å². The molecule has 4 rings (SSSR count). The lowest BCUT2D eigenvalue weighted by Gasteiger charge is -2.15. The topological polar surface area (TPSA) is 155 Å². The fraction of sp³-hybridized carbons (Fsp3) is 0.190. The molecule has 0 aliphatic heterocycles. The summed E-state index contributed by atoms with van der Waals surface area (Å²) in [6.07, 6.45) is 3.64. The molecule has 12 heteroatoms. The van der Waals surface area contributed by atoms with Gasteiger partial charge in [0.05, 0.1) is 27.9 Å². The van der Waals surface area contributed by atoms with Crippen molar-refractivity contribution in [3.05, 3.63) is 76.9 Å². The third-order valence-corrected chi connectivity index (χ3v) is 6.51. The number of nitrogens with one attached hydrogen (secondary N) is 1. The van der Waals surface area contributed by atoms with Crippen molar-refractivity contribution in [1.82, 2.24) is 15.5 Å². The van der Waals surface area contributed by atoms with Crippen LogP contribution in [0.4, 0.5) is 0 Å². The number of Topliss-reactive ketones (excluding diaryl/α,β-unsaturated/α-hetero) is 1. The highest BCUT2D eigenvalue weighted by molar-refractivity contribution is 7.91. The van der Waals surface area contributed by atoms with Gasteiger partial charge in [-0.05, 0) is 42.0 Å². The average molecular weight is 470 g/mol. The molecule has 1 aliphatic rings. The van der Waals surface area contributed by atoms with Gasteiger partial charge < -0.3 is 15.3 Å². The van der Waals surface area contributed by atoms with Gasteiger partial charge in [0.2, 0.25) is 11.6 Å². The van der Waals surface area contributed by atoms with Crippen LogP contribution in [0, 0.1) is 5.21 Å². The van der Waals surface area contributed by atoms with Crippen molar-refractivity contribution in [3.63, 3.8) is 0 Å². The van der Waals surface area contributed by atoms with E-state index >= 15 is 0 Å². The van der Waals surface area contributed by atoms with Gasteiger partial charge in [-0.3, -0.25) is 19.2 Å². The molecule has 0 fully saturated rings. The SMILES string of the molecule is O=C1C(NCCCCOc2no[n+]([O-])c2S(=O)(=O)c2ccccc2)=CC(=O)c2ncccc21. The van der Waals surface area contributed by atoms with E-state index in [2.05, 4.69) is 20.1 Å². The fourth-order valence-electron chi connectivity index (χ4n) is 3.19. The van der Waals surface area contributed by atoms with Crippen LogP contribution in [0.1, 0.15) is 33.7 Å². The standard InChI is InChI=1S/C21H18N4O7S/c26-17-13-16(19(27)15-9-6-11-23-18(15)17)22-10-4-5-12-31-20-21(25(28)32-24-20)33(29,30)14-7-2-1-3-8-14/h1-3,6-9,11,13,22H,4-5,10,12H2. The van der Waals surface area contributed by atoms with Crippen LogP contribution in [0.2, 0.25) is 0 Å². The Balaban J connectivity index is 1.31. The van der Waals surface area contributed by atoms with Gasteiger partial charge in [-0.25, -0.2) is 8.42 Å². The number of allylic oxidation sites excluding steroid dienone is 2. The van der Waals surface area contributed by atoms with E-state index in [0.717, 1.165) is 0 Å². The Morgan fingerprint density at radius 2 is 1.88 bits per heavy atom. The Labute approximate surface area is 188 Å². The monoisotopic (exact) mass is 470 g/mol. The predicted octanol–water partition coefficient (Wildman–Crippen LogP) is 1.25. The van der Waals surface area contributed by atoms with E-state index in [-0.39, 0.29) is 44.9 Å². The van der Waals surface area contributed by atoms with Crippen molar-refractivity contribution in [1.29, 1.82) is 0 Å². The summed E-state index contributed by atoms with van der Waals surface area (Å²) in [5.41, 5.74) is 0.562. The number of benzene rings is 1. The highest BCUT2D eigenvalue weighted by atomic mass is 32.2. The summed E-state index contributed by atoms with van der Waals surface area (Å²) >= 11 is 0. The van der Waals surface area contributed by atoms with Crippen LogP contribution < -0.4 is 15.0 Å². The molecule has 0 unspecified atom stereocenters. The van der Waals surface area contributed by atoms with Crippen LogP contribution in [0.5, 0.6) is 5.88 Å². The van der Waals surface area contributed by atoms with Crippen LogP contribution >= 0.6 is 0 Å². The first kappa shape index (κ1) is 22.1. The number of hydrogen-bond donors (Lipinski definition) is 1. The smallest absolute Gasteiger partial charge is 0.414 e. The first-order valence-corrected chi connectivity index (χ1v) is 11.4. The molecule has 2 aromatic heterocycles. The number of ketones is 2. The lowest BCUT2D eigenvalue weighted by atomic mass is 9.97. The molecule has 1 N–H and O–H groups in total. The number of carbonyl (C=O) groups excluding carboxylic acids is 2. The fourth-order valence-corrected chi connectivity index (χ4v) is 4.48. The molecule has 0 saturated heterocycles. The number of sulfone groups is 1. The van der Waals surface area contributed by atoms with Crippen LogP contribution in [-0.2, 0) is 9.84 Å². The Morgan fingerprint density at radius 3 is 2.67 bits per heavy atom. The average Bonchev–Trinajstić information content (AvgIpc) is 3.20. The number of fused-ring (bicyclic) bond motifs is 1. The maximum Gasteiger partial charge on any atom is 0.414 e. The quantitative estimate of drug-likeness (QED) is 0.357. The second-order valence-electron chi connectivity index (χ2n) is 6.99. The molecule has 0 atom stereocenters. The summed E-state index contributed by atoms with van der Waals surface area (Å²) in [5, 5.41) is 17.5. The summed E-state index contributed by atoms with van der Waals surface area (Å²) in [7, 11) is -4.18. The van der Waals surface area contributed by atoms with Gasteiger partial charge in [0.25, 0.3) is 9.84 Å². The molecule has 1 aromatic carbocycles. The molecule has 0 amide bonds. The Hall–Kier alpha value is -4.06. The van der Waals surface area contributed by atoms with E-state index in [1.807, 2.05) is 0 Å². The molecular weight excluding hydrogens is 452 g/mol. The lowest BCUT2D eigenvalue weighted by molar-refractivity contribution is -0.832. The summed E-state index contributed by atoms with van der Waals surface area (Å²) in [6.45, 7) is 0.406. The van der Waals surface area contributed by atoms with E-state index in [1.165, 1.54) is 36.5 Å². The number of aromatic nitrogens is 3. The highest BCUT2D eigenvalue weighted by Gasteiger charge is 2.35. The maximum atomic E-state index is 12.7.